The predicted molar refractivity (Wildman–Crippen MR) is 83.9 cm³/mol. The van der Waals surface area contributed by atoms with Gasteiger partial charge in [0.05, 0.1) is 13.0 Å². The van der Waals surface area contributed by atoms with Crippen molar-refractivity contribution in [1.82, 2.24) is 5.32 Å². The zero-order valence-electron chi connectivity index (χ0n) is 12.3. The first-order chi connectivity index (χ1) is 10.0. The molecule has 1 rings (SSSR count). The van der Waals surface area contributed by atoms with Crippen LogP contribution in [0.25, 0.3) is 0 Å². The normalized spacial score (nSPS) is 11.7. The lowest BCUT2D eigenvalue weighted by Gasteiger charge is -2.14. The van der Waals surface area contributed by atoms with E-state index in [0.29, 0.717) is 17.9 Å². The van der Waals surface area contributed by atoms with Crippen molar-refractivity contribution < 1.29 is 19.4 Å². The number of ether oxygens (including phenoxy) is 1. The summed E-state index contributed by atoms with van der Waals surface area (Å²) in [7, 11) is 0. The highest BCUT2D eigenvalue weighted by atomic mass is 32.2. The fraction of sp³-hybridized carbons (Fsp3) is 0.467. The van der Waals surface area contributed by atoms with E-state index < -0.39 is 12.0 Å². The summed E-state index contributed by atoms with van der Waals surface area (Å²) >= 11 is 1.55. The van der Waals surface area contributed by atoms with Gasteiger partial charge in [-0.2, -0.15) is 11.8 Å². The molecule has 0 spiro atoms. The summed E-state index contributed by atoms with van der Waals surface area (Å²) in [6.45, 7) is 2.19. The molecule has 0 bridgehead atoms. The summed E-state index contributed by atoms with van der Waals surface area (Å²) in [5.41, 5.74) is 1.08. The van der Waals surface area contributed by atoms with Crippen molar-refractivity contribution >= 4 is 23.6 Å². The Labute approximate surface area is 129 Å². The van der Waals surface area contributed by atoms with E-state index in [0.717, 1.165) is 5.56 Å². The second-order valence-corrected chi connectivity index (χ2v) is 5.64. The number of benzene rings is 1. The van der Waals surface area contributed by atoms with Crippen molar-refractivity contribution in [2.75, 3.05) is 18.6 Å². The van der Waals surface area contributed by atoms with Gasteiger partial charge in [-0.25, -0.2) is 4.79 Å². The number of carbonyl (C=O) groups is 2. The maximum Gasteiger partial charge on any atom is 0.326 e. The molecule has 0 unspecified atom stereocenters. The average molecular weight is 311 g/mol. The summed E-state index contributed by atoms with van der Waals surface area (Å²) in [6, 6.07) is 6.72. The van der Waals surface area contributed by atoms with Crippen LogP contribution in [0, 0.1) is 6.92 Å². The predicted octanol–water partition coefficient (Wildman–Crippen LogP) is 2.09. The van der Waals surface area contributed by atoms with E-state index in [-0.39, 0.29) is 18.9 Å². The Morgan fingerprint density at radius 3 is 2.81 bits per heavy atom. The van der Waals surface area contributed by atoms with E-state index >= 15 is 0 Å². The second-order valence-electron chi connectivity index (χ2n) is 4.65. The molecule has 116 valence electrons. The number of carboxylic acids is 1. The molecule has 1 aromatic carbocycles. The Balaban J connectivity index is 2.34. The van der Waals surface area contributed by atoms with E-state index in [4.69, 9.17) is 9.84 Å². The molecule has 1 atom stereocenters. The Hall–Kier alpha value is -1.69. The number of aryl methyl sites for hydroxylation is 1. The molecule has 1 amide bonds. The van der Waals surface area contributed by atoms with Gasteiger partial charge in [-0.05, 0) is 43.0 Å². The van der Waals surface area contributed by atoms with Crippen LogP contribution in [0.2, 0.25) is 0 Å². The lowest BCUT2D eigenvalue weighted by molar-refractivity contribution is -0.141. The standard InChI is InChI=1S/C15H21NO4S/c1-11-4-3-5-12(10-11)20-8-6-14(17)16-13(15(18)19)7-9-21-2/h3-5,10,13H,6-9H2,1-2H3,(H,16,17)(H,18,19)/t13-/m0/s1. The molecule has 0 aromatic heterocycles. The number of nitrogens with one attached hydrogen (secondary N) is 1. The number of hydrogen-bond acceptors (Lipinski definition) is 4. The molecule has 1 aromatic rings. The maximum absolute atomic E-state index is 11.7. The van der Waals surface area contributed by atoms with Gasteiger partial charge in [-0.3, -0.25) is 4.79 Å². The minimum atomic E-state index is -1.00. The molecule has 2 N–H and O–H groups in total. The number of rotatable bonds is 9. The van der Waals surface area contributed by atoms with Crippen molar-refractivity contribution in [3.63, 3.8) is 0 Å². The highest BCUT2D eigenvalue weighted by molar-refractivity contribution is 7.98. The minimum absolute atomic E-state index is 0.136. The SMILES string of the molecule is CSCC[C@H](NC(=O)CCOc1cccc(C)c1)C(=O)O. The monoisotopic (exact) mass is 311 g/mol. The summed E-state index contributed by atoms with van der Waals surface area (Å²) in [5.74, 6) is 0.0879. The van der Waals surface area contributed by atoms with E-state index in [1.54, 1.807) is 11.8 Å². The summed E-state index contributed by atoms with van der Waals surface area (Å²) < 4.78 is 5.47. The van der Waals surface area contributed by atoms with Crippen molar-refractivity contribution in [2.45, 2.75) is 25.8 Å². The average Bonchev–Trinajstić information content (AvgIpc) is 2.43. The highest BCUT2D eigenvalue weighted by Gasteiger charge is 2.19. The zero-order chi connectivity index (χ0) is 15.7. The van der Waals surface area contributed by atoms with Crippen LogP contribution in [0.4, 0.5) is 0 Å². The molecule has 0 aliphatic carbocycles. The molecule has 21 heavy (non-hydrogen) atoms. The number of thioether (sulfide) groups is 1. The van der Waals surface area contributed by atoms with Gasteiger partial charge < -0.3 is 15.2 Å². The van der Waals surface area contributed by atoms with E-state index in [9.17, 15) is 9.59 Å². The molecule has 0 saturated heterocycles. The Bertz CT molecular complexity index is 478. The third-order valence-corrected chi connectivity index (χ3v) is 3.48. The first-order valence-corrected chi connectivity index (χ1v) is 8.13. The van der Waals surface area contributed by atoms with Crippen molar-refractivity contribution in [3.05, 3.63) is 29.8 Å². The number of aliphatic carboxylic acids is 1. The maximum atomic E-state index is 11.7. The van der Waals surface area contributed by atoms with Gasteiger partial charge in [-0.15, -0.1) is 0 Å². The number of carbonyl (C=O) groups excluding carboxylic acids is 1. The first kappa shape index (κ1) is 17.4. The summed E-state index contributed by atoms with van der Waals surface area (Å²) in [4.78, 5) is 22.7. The van der Waals surface area contributed by atoms with Gasteiger partial charge in [0.1, 0.15) is 11.8 Å². The quantitative estimate of drug-likeness (QED) is 0.730. The van der Waals surface area contributed by atoms with E-state index in [2.05, 4.69) is 5.32 Å². The van der Waals surface area contributed by atoms with Crippen LogP contribution in [-0.4, -0.2) is 41.6 Å². The molecule has 0 radical (unpaired) electrons. The Kier molecular flexibility index (Phi) is 7.68. The third-order valence-electron chi connectivity index (χ3n) is 2.83. The minimum Gasteiger partial charge on any atom is -0.493 e. The van der Waals surface area contributed by atoms with Gasteiger partial charge in [0.25, 0.3) is 0 Å². The lowest BCUT2D eigenvalue weighted by atomic mass is 10.2. The first-order valence-electron chi connectivity index (χ1n) is 6.73. The summed E-state index contributed by atoms with van der Waals surface area (Å²) in [6.07, 6.45) is 2.45. The van der Waals surface area contributed by atoms with E-state index in [1.165, 1.54) is 0 Å². The zero-order valence-corrected chi connectivity index (χ0v) is 13.1. The smallest absolute Gasteiger partial charge is 0.326 e. The van der Waals surface area contributed by atoms with Crippen LogP contribution in [0.1, 0.15) is 18.4 Å². The molecule has 0 saturated carbocycles. The fourth-order valence-corrected chi connectivity index (χ4v) is 2.20. The molecule has 0 heterocycles. The second kappa shape index (κ2) is 9.28. The molecule has 0 fully saturated rings. The van der Waals surface area contributed by atoms with Crippen LogP contribution in [-0.2, 0) is 9.59 Å². The van der Waals surface area contributed by atoms with Crippen molar-refractivity contribution in [2.24, 2.45) is 0 Å². The number of hydrogen-bond donors (Lipinski definition) is 2. The molecule has 0 aliphatic rings. The largest absolute Gasteiger partial charge is 0.493 e. The lowest BCUT2D eigenvalue weighted by Crippen LogP contribution is -2.41. The van der Waals surface area contributed by atoms with Crippen LogP contribution in [0.15, 0.2) is 24.3 Å². The molecule has 5 nitrogen and oxygen atoms in total. The van der Waals surface area contributed by atoms with Gasteiger partial charge in [0.2, 0.25) is 5.91 Å². The van der Waals surface area contributed by atoms with Crippen LogP contribution >= 0.6 is 11.8 Å². The fourth-order valence-electron chi connectivity index (χ4n) is 1.73. The van der Waals surface area contributed by atoms with Crippen LogP contribution in [0.3, 0.4) is 0 Å². The van der Waals surface area contributed by atoms with Gasteiger partial charge >= 0.3 is 5.97 Å². The van der Waals surface area contributed by atoms with Gasteiger partial charge in [0.15, 0.2) is 0 Å². The molecule has 6 heteroatoms. The molecular formula is C15H21NO4S. The number of amides is 1. The topological polar surface area (TPSA) is 75.6 Å². The van der Waals surface area contributed by atoms with Crippen LogP contribution in [0.5, 0.6) is 5.75 Å². The van der Waals surface area contributed by atoms with Gasteiger partial charge in [0, 0.05) is 0 Å². The molecule has 0 aliphatic heterocycles. The van der Waals surface area contributed by atoms with Crippen LogP contribution < -0.4 is 10.1 Å². The Morgan fingerprint density at radius 2 is 2.19 bits per heavy atom. The van der Waals surface area contributed by atoms with Crippen molar-refractivity contribution in [3.8, 4) is 5.75 Å². The Morgan fingerprint density at radius 1 is 1.43 bits per heavy atom. The highest BCUT2D eigenvalue weighted by Crippen LogP contribution is 2.12. The summed E-state index contributed by atoms with van der Waals surface area (Å²) in [5, 5.41) is 11.5. The van der Waals surface area contributed by atoms with Gasteiger partial charge in [-0.1, -0.05) is 12.1 Å². The van der Waals surface area contributed by atoms with Crippen molar-refractivity contribution in [1.29, 1.82) is 0 Å². The molecular weight excluding hydrogens is 290 g/mol. The third kappa shape index (κ3) is 7.04. The number of carboxylic acid groups (broad SMARTS) is 1. The van der Waals surface area contributed by atoms with E-state index in [1.807, 2.05) is 37.4 Å².